The zero-order valence-electron chi connectivity index (χ0n) is 22.2. The molecule has 1 heterocycles. The van der Waals surface area contributed by atoms with Gasteiger partial charge in [0.2, 0.25) is 0 Å². The van der Waals surface area contributed by atoms with Crippen LogP contribution in [-0.2, 0) is 20.8 Å². The molecule has 4 heteroatoms. The Labute approximate surface area is 211 Å². The fraction of sp³-hybridized carbons (Fsp3) is 0.742. The van der Waals surface area contributed by atoms with Crippen LogP contribution in [0, 0.1) is 34.5 Å². The normalized spacial score (nSPS) is 42.1. The van der Waals surface area contributed by atoms with Crippen LogP contribution in [0.1, 0.15) is 77.7 Å². The number of fused-ring (bicyclic) bond motifs is 5. The van der Waals surface area contributed by atoms with E-state index in [2.05, 4.69) is 39.0 Å². The Morgan fingerprint density at radius 3 is 2.43 bits per heavy atom. The summed E-state index contributed by atoms with van der Waals surface area (Å²) in [6.07, 6.45) is 13.1. The lowest BCUT2D eigenvalue weighted by atomic mass is 9.47. The predicted octanol–water partition coefficient (Wildman–Crippen LogP) is 6.92. The van der Waals surface area contributed by atoms with Crippen LogP contribution in [0.5, 0.6) is 5.75 Å². The second-order valence-electron chi connectivity index (χ2n) is 12.7. The van der Waals surface area contributed by atoms with E-state index in [1.165, 1.54) is 50.5 Å². The highest BCUT2D eigenvalue weighted by atomic mass is 16.7. The Kier molecular flexibility index (Phi) is 6.09. The third-order valence-electron chi connectivity index (χ3n) is 11.2. The molecule has 4 fully saturated rings. The molecule has 1 aromatic carbocycles. The summed E-state index contributed by atoms with van der Waals surface area (Å²) in [7, 11) is 1.71. The van der Waals surface area contributed by atoms with E-state index in [1.807, 2.05) is 12.1 Å². The minimum absolute atomic E-state index is 0.342. The van der Waals surface area contributed by atoms with E-state index in [1.54, 1.807) is 12.7 Å². The fourth-order valence-electron chi connectivity index (χ4n) is 9.30. The molecule has 1 aliphatic heterocycles. The average Bonchev–Trinajstić information content (AvgIpc) is 3.46. The highest BCUT2D eigenvalue weighted by Gasteiger charge is 2.62. The van der Waals surface area contributed by atoms with E-state index in [0.717, 1.165) is 43.1 Å². The summed E-state index contributed by atoms with van der Waals surface area (Å²) in [5, 5.41) is 0. The van der Waals surface area contributed by atoms with Crippen molar-refractivity contribution in [3.05, 3.63) is 41.5 Å². The van der Waals surface area contributed by atoms with E-state index in [9.17, 15) is 0 Å². The number of allylic oxidation sites excluding steroid dienone is 1. The molecule has 4 aliphatic carbocycles. The largest absolute Gasteiger partial charge is 0.497 e. The van der Waals surface area contributed by atoms with Gasteiger partial charge in [0, 0.05) is 5.92 Å². The summed E-state index contributed by atoms with van der Waals surface area (Å²) in [6.45, 7) is 9.59. The van der Waals surface area contributed by atoms with E-state index in [0.29, 0.717) is 29.5 Å². The van der Waals surface area contributed by atoms with Crippen LogP contribution < -0.4 is 4.74 Å². The first-order valence-corrected chi connectivity index (χ1v) is 14.1. The molecule has 1 unspecified atom stereocenters. The Hall–Kier alpha value is -1.36. The minimum Gasteiger partial charge on any atom is -0.497 e. The van der Waals surface area contributed by atoms with E-state index >= 15 is 0 Å². The van der Waals surface area contributed by atoms with Crippen LogP contribution in [0.25, 0.3) is 0 Å². The third kappa shape index (κ3) is 3.90. The Bertz CT molecular complexity index is 947. The monoisotopic (exact) mass is 480 g/mol. The van der Waals surface area contributed by atoms with Crippen molar-refractivity contribution in [1.29, 1.82) is 0 Å². The second kappa shape index (κ2) is 8.89. The smallest absolute Gasteiger partial charge is 0.169 e. The van der Waals surface area contributed by atoms with Gasteiger partial charge in [-0.1, -0.05) is 37.6 Å². The summed E-state index contributed by atoms with van der Waals surface area (Å²) in [4.78, 5) is 0. The van der Waals surface area contributed by atoms with E-state index < -0.39 is 0 Å². The maximum atomic E-state index is 6.43. The topological polar surface area (TPSA) is 36.9 Å². The second-order valence-corrected chi connectivity index (χ2v) is 12.7. The van der Waals surface area contributed by atoms with Crippen molar-refractivity contribution in [3.63, 3.8) is 0 Å². The molecule has 0 N–H and O–H groups in total. The van der Waals surface area contributed by atoms with Crippen LogP contribution in [0.2, 0.25) is 0 Å². The van der Waals surface area contributed by atoms with Crippen molar-refractivity contribution in [2.75, 3.05) is 20.3 Å². The Morgan fingerprint density at radius 2 is 1.69 bits per heavy atom. The number of hydrogen-bond donors (Lipinski definition) is 0. The SMILES string of the molecule is COc1ccc(CO[C@H]2CC[C@@]3(C)C(=CC[C@@H]4[C@@H]3CC[C@]3(C)C(C5(C)OCCO5)CC[C@@H]43)C2)cc1. The van der Waals surface area contributed by atoms with Gasteiger partial charge in [-0.05, 0) is 105 Å². The Morgan fingerprint density at radius 1 is 0.914 bits per heavy atom. The van der Waals surface area contributed by atoms with Gasteiger partial charge >= 0.3 is 0 Å². The van der Waals surface area contributed by atoms with Gasteiger partial charge in [-0.2, -0.15) is 0 Å². The molecule has 6 rings (SSSR count). The standard InChI is InChI=1S/C31H44O4/c1-29-15-13-24(33-20-21-5-8-23(32-4)9-6-21)19-22(29)7-10-25-26-11-12-28(31(3)34-17-18-35-31)30(26,2)16-14-27(25)29/h5-9,24-28H,10-20H2,1-4H3/t24-,25-,26-,27-,28?,29-,30-/m0/s1. The molecule has 192 valence electrons. The molecular weight excluding hydrogens is 436 g/mol. The molecule has 1 aromatic rings. The van der Waals surface area contributed by atoms with Gasteiger partial charge < -0.3 is 18.9 Å². The molecule has 5 aliphatic rings. The highest BCUT2D eigenvalue weighted by Crippen LogP contribution is 2.68. The van der Waals surface area contributed by atoms with Crippen molar-refractivity contribution >= 4 is 0 Å². The molecule has 7 atom stereocenters. The zero-order valence-corrected chi connectivity index (χ0v) is 22.2. The van der Waals surface area contributed by atoms with Gasteiger partial charge in [-0.3, -0.25) is 0 Å². The quantitative estimate of drug-likeness (QED) is 0.429. The molecule has 0 bridgehead atoms. The summed E-state index contributed by atoms with van der Waals surface area (Å²) in [5.41, 5.74) is 3.62. The maximum absolute atomic E-state index is 6.43. The van der Waals surface area contributed by atoms with E-state index in [4.69, 9.17) is 18.9 Å². The lowest BCUT2D eigenvalue weighted by Crippen LogP contribution is -2.53. The van der Waals surface area contributed by atoms with Crippen molar-refractivity contribution in [1.82, 2.24) is 0 Å². The van der Waals surface area contributed by atoms with Crippen molar-refractivity contribution in [3.8, 4) is 5.75 Å². The molecule has 0 spiro atoms. The summed E-state index contributed by atoms with van der Waals surface area (Å²) >= 11 is 0. The fourth-order valence-corrected chi connectivity index (χ4v) is 9.30. The maximum Gasteiger partial charge on any atom is 0.169 e. The molecular formula is C31H44O4. The predicted molar refractivity (Wildman–Crippen MR) is 137 cm³/mol. The first kappa shape index (κ1) is 24.0. The van der Waals surface area contributed by atoms with Gasteiger partial charge in [0.25, 0.3) is 0 Å². The molecule has 0 amide bonds. The molecule has 0 aromatic heterocycles. The average molecular weight is 481 g/mol. The van der Waals surface area contributed by atoms with Crippen molar-refractivity contribution in [2.24, 2.45) is 34.5 Å². The Balaban J connectivity index is 1.14. The van der Waals surface area contributed by atoms with Crippen LogP contribution >= 0.6 is 0 Å². The molecule has 3 saturated carbocycles. The number of ether oxygens (including phenoxy) is 4. The van der Waals surface area contributed by atoms with Gasteiger partial charge in [0.1, 0.15) is 5.75 Å². The van der Waals surface area contributed by atoms with Gasteiger partial charge in [-0.25, -0.2) is 0 Å². The van der Waals surface area contributed by atoms with Crippen LogP contribution in [0.15, 0.2) is 35.9 Å². The van der Waals surface area contributed by atoms with Crippen molar-refractivity contribution in [2.45, 2.75) is 90.6 Å². The lowest BCUT2D eigenvalue weighted by Gasteiger charge is -2.59. The summed E-state index contributed by atoms with van der Waals surface area (Å²) < 4.78 is 24.1. The lowest BCUT2D eigenvalue weighted by molar-refractivity contribution is -0.214. The van der Waals surface area contributed by atoms with Crippen LogP contribution in [0.4, 0.5) is 0 Å². The highest BCUT2D eigenvalue weighted by molar-refractivity contribution is 5.28. The first-order chi connectivity index (χ1) is 16.9. The van der Waals surface area contributed by atoms with Crippen LogP contribution in [-0.4, -0.2) is 32.2 Å². The number of hydrogen-bond acceptors (Lipinski definition) is 4. The number of methoxy groups -OCH3 is 1. The zero-order chi connectivity index (χ0) is 24.3. The van der Waals surface area contributed by atoms with Crippen molar-refractivity contribution < 1.29 is 18.9 Å². The minimum atomic E-state index is -0.366. The molecule has 35 heavy (non-hydrogen) atoms. The van der Waals surface area contributed by atoms with Crippen LogP contribution in [0.3, 0.4) is 0 Å². The molecule has 4 nitrogen and oxygen atoms in total. The van der Waals surface area contributed by atoms with Gasteiger partial charge in [-0.15, -0.1) is 0 Å². The summed E-state index contributed by atoms with van der Waals surface area (Å²) in [6, 6.07) is 8.28. The molecule has 1 saturated heterocycles. The third-order valence-corrected chi connectivity index (χ3v) is 11.2. The summed E-state index contributed by atoms with van der Waals surface area (Å²) in [5.74, 6) is 3.50. The first-order valence-electron chi connectivity index (χ1n) is 14.1. The van der Waals surface area contributed by atoms with Gasteiger partial charge in [0.05, 0.1) is 33.0 Å². The van der Waals surface area contributed by atoms with Gasteiger partial charge in [0.15, 0.2) is 5.79 Å². The number of benzene rings is 1. The number of rotatable bonds is 5. The van der Waals surface area contributed by atoms with E-state index in [-0.39, 0.29) is 5.79 Å². The molecule has 0 radical (unpaired) electrons.